The molecule has 1 fully saturated rings. The zero-order valence-electron chi connectivity index (χ0n) is 16.8. The lowest BCUT2D eigenvalue weighted by Crippen LogP contribution is -2.47. The third-order valence-corrected chi connectivity index (χ3v) is 6.30. The maximum atomic E-state index is 12.4. The van der Waals surface area contributed by atoms with E-state index in [0.717, 1.165) is 41.5 Å². The Morgan fingerprint density at radius 2 is 1.57 bits per heavy atom. The van der Waals surface area contributed by atoms with Crippen molar-refractivity contribution in [2.24, 2.45) is 0 Å². The number of hydrogen-bond acceptors (Lipinski definition) is 4. The van der Waals surface area contributed by atoms with Crippen LogP contribution in [0.15, 0.2) is 48.5 Å². The first-order chi connectivity index (χ1) is 14.5. The van der Waals surface area contributed by atoms with Crippen LogP contribution in [0.4, 0.5) is 4.79 Å². The average molecular weight is 409 g/mol. The number of carboxylic acid groups (broad SMARTS) is 1. The van der Waals surface area contributed by atoms with Gasteiger partial charge in [-0.2, -0.15) is 0 Å². The van der Waals surface area contributed by atoms with Crippen LogP contribution in [0.5, 0.6) is 0 Å². The summed E-state index contributed by atoms with van der Waals surface area (Å²) < 4.78 is 5.45. The molecule has 2 aliphatic rings. The second kappa shape index (κ2) is 8.48. The Morgan fingerprint density at radius 3 is 2.13 bits per heavy atom. The standard InChI is InChI=1S/C24H27NO5/c26-22(27)21(14-24(29)12-6-1-7-13-24)25-23(28)30-15-20-18-10-4-2-8-16(18)17-9-3-5-11-19(17)20/h2-5,8-11,20-21,29H,1,6-7,12-15H2,(H,25,28)(H,26,27). The Balaban J connectivity index is 1.41. The number of hydrogen-bond donors (Lipinski definition) is 3. The monoisotopic (exact) mass is 409 g/mol. The van der Waals surface area contributed by atoms with Crippen molar-refractivity contribution >= 4 is 12.1 Å². The van der Waals surface area contributed by atoms with Gasteiger partial charge in [-0.25, -0.2) is 9.59 Å². The summed E-state index contributed by atoms with van der Waals surface area (Å²) in [6.45, 7) is 0.121. The maximum Gasteiger partial charge on any atom is 0.407 e. The highest BCUT2D eigenvalue weighted by molar-refractivity contribution is 5.81. The molecule has 0 aliphatic heterocycles. The first-order valence-electron chi connectivity index (χ1n) is 10.5. The summed E-state index contributed by atoms with van der Waals surface area (Å²) in [4.78, 5) is 24.1. The van der Waals surface area contributed by atoms with E-state index >= 15 is 0 Å². The fraction of sp³-hybridized carbons (Fsp3) is 0.417. The summed E-state index contributed by atoms with van der Waals surface area (Å²) in [5, 5.41) is 22.6. The largest absolute Gasteiger partial charge is 0.480 e. The number of nitrogens with one attached hydrogen (secondary N) is 1. The van der Waals surface area contributed by atoms with E-state index < -0.39 is 23.7 Å². The van der Waals surface area contributed by atoms with Gasteiger partial charge in [-0.05, 0) is 35.1 Å². The third-order valence-electron chi connectivity index (χ3n) is 6.30. The molecule has 3 N–H and O–H groups in total. The quantitative estimate of drug-likeness (QED) is 0.669. The normalized spacial score (nSPS) is 18.2. The minimum atomic E-state index is -1.18. The van der Waals surface area contributed by atoms with Crippen molar-refractivity contribution < 1.29 is 24.5 Å². The van der Waals surface area contributed by atoms with E-state index in [1.165, 1.54) is 0 Å². The van der Waals surface area contributed by atoms with Gasteiger partial charge >= 0.3 is 12.1 Å². The lowest BCUT2D eigenvalue weighted by atomic mass is 9.80. The highest BCUT2D eigenvalue weighted by Gasteiger charge is 2.36. The molecule has 1 saturated carbocycles. The zero-order chi connectivity index (χ0) is 21.1. The number of fused-ring (bicyclic) bond motifs is 3. The van der Waals surface area contributed by atoms with Gasteiger partial charge in [0, 0.05) is 12.3 Å². The maximum absolute atomic E-state index is 12.4. The molecule has 2 aromatic rings. The molecule has 0 bridgehead atoms. The fourth-order valence-electron chi connectivity index (χ4n) is 4.78. The van der Waals surface area contributed by atoms with Crippen LogP contribution in [0.2, 0.25) is 0 Å². The summed E-state index contributed by atoms with van der Waals surface area (Å²) in [6, 6.07) is 14.9. The molecule has 0 heterocycles. The number of benzene rings is 2. The summed E-state index contributed by atoms with van der Waals surface area (Å²) in [5.41, 5.74) is 3.41. The van der Waals surface area contributed by atoms with Gasteiger partial charge in [0.05, 0.1) is 5.60 Å². The predicted molar refractivity (Wildman–Crippen MR) is 112 cm³/mol. The highest BCUT2D eigenvalue weighted by atomic mass is 16.5. The van der Waals surface area contributed by atoms with Gasteiger partial charge in [-0.1, -0.05) is 67.8 Å². The van der Waals surface area contributed by atoms with Gasteiger partial charge < -0.3 is 20.3 Å². The van der Waals surface area contributed by atoms with Crippen molar-refractivity contribution in [3.8, 4) is 11.1 Å². The summed E-state index contributed by atoms with van der Waals surface area (Å²) in [7, 11) is 0. The topological polar surface area (TPSA) is 95.9 Å². The number of carbonyl (C=O) groups is 2. The molecule has 0 aromatic heterocycles. The molecule has 1 amide bonds. The highest BCUT2D eigenvalue weighted by Crippen LogP contribution is 2.44. The number of carboxylic acids is 1. The Bertz CT molecular complexity index is 889. The molecular weight excluding hydrogens is 382 g/mol. The number of rotatable bonds is 6. The number of amides is 1. The number of carbonyl (C=O) groups excluding carboxylic acids is 1. The van der Waals surface area contributed by atoms with E-state index in [1.807, 2.05) is 36.4 Å². The van der Waals surface area contributed by atoms with E-state index in [2.05, 4.69) is 17.4 Å². The van der Waals surface area contributed by atoms with Crippen LogP contribution in [0.3, 0.4) is 0 Å². The molecule has 158 valence electrons. The number of aliphatic hydroxyl groups is 1. The number of aliphatic carboxylic acids is 1. The summed E-state index contributed by atoms with van der Waals surface area (Å²) in [6.07, 6.45) is 3.11. The minimum Gasteiger partial charge on any atom is -0.480 e. The van der Waals surface area contributed by atoms with Crippen LogP contribution >= 0.6 is 0 Å². The van der Waals surface area contributed by atoms with Crippen LogP contribution < -0.4 is 5.32 Å². The van der Waals surface area contributed by atoms with E-state index in [4.69, 9.17) is 4.74 Å². The van der Waals surface area contributed by atoms with Crippen molar-refractivity contribution in [2.75, 3.05) is 6.61 Å². The Hall–Kier alpha value is -2.86. The van der Waals surface area contributed by atoms with Crippen molar-refractivity contribution in [1.29, 1.82) is 0 Å². The molecule has 0 saturated heterocycles. The Morgan fingerprint density at radius 1 is 1.00 bits per heavy atom. The molecule has 1 atom stereocenters. The molecular formula is C24H27NO5. The van der Waals surface area contributed by atoms with Crippen molar-refractivity contribution in [3.63, 3.8) is 0 Å². The van der Waals surface area contributed by atoms with Gasteiger partial charge in [0.2, 0.25) is 0 Å². The second-order valence-corrected chi connectivity index (χ2v) is 8.35. The van der Waals surface area contributed by atoms with Crippen molar-refractivity contribution in [3.05, 3.63) is 59.7 Å². The lowest BCUT2D eigenvalue weighted by Gasteiger charge is -2.34. The molecule has 4 rings (SSSR count). The van der Waals surface area contributed by atoms with Gasteiger partial charge in [0.15, 0.2) is 0 Å². The molecule has 0 radical (unpaired) electrons. The van der Waals surface area contributed by atoms with E-state index in [-0.39, 0.29) is 18.9 Å². The van der Waals surface area contributed by atoms with Crippen LogP contribution in [-0.2, 0) is 9.53 Å². The smallest absolute Gasteiger partial charge is 0.407 e. The van der Waals surface area contributed by atoms with E-state index in [1.54, 1.807) is 0 Å². The summed E-state index contributed by atoms with van der Waals surface area (Å²) >= 11 is 0. The van der Waals surface area contributed by atoms with Gasteiger partial charge in [-0.15, -0.1) is 0 Å². The van der Waals surface area contributed by atoms with E-state index in [9.17, 15) is 19.8 Å². The first-order valence-corrected chi connectivity index (χ1v) is 10.5. The SMILES string of the molecule is O=C(NC(CC1(O)CCCCC1)C(=O)O)OCC1c2ccccc2-c2ccccc21. The molecule has 6 nitrogen and oxygen atoms in total. The van der Waals surface area contributed by atoms with Crippen molar-refractivity contribution in [2.45, 2.75) is 56.1 Å². The van der Waals surface area contributed by atoms with Crippen LogP contribution in [-0.4, -0.2) is 40.5 Å². The fourth-order valence-corrected chi connectivity index (χ4v) is 4.78. The average Bonchev–Trinajstić information content (AvgIpc) is 3.06. The van der Waals surface area contributed by atoms with Gasteiger partial charge in [0.1, 0.15) is 12.6 Å². The van der Waals surface area contributed by atoms with Gasteiger partial charge in [-0.3, -0.25) is 0 Å². The Kier molecular flexibility index (Phi) is 5.77. The minimum absolute atomic E-state index is 0.00741. The molecule has 6 heteroatoms. The lowest BCUT2D eigenvalue weighted by molar-refractivity contribution is -0.141. The summed E-state index contributed by atoms with van der Waals surface area (Å²) in [5.74, 6) is -1.25. The first kappa shape index (κ1) is 20.4. The van der Waals surface area contributed by atoms with E-state index in [0.29, 0.717) is 12.8 Å². The van der Waals surface area contributed by atoms with Crippen molar-refractivity contribution in [1.82, 2.24) is 5.32 Å². The number of ether oxygens (including phenoxy) is 1. The predicted octanol–water partition coefficient (Wildman–Crippen LogP) is 4.06. The Labute approximate surface area is 175 Å². The number of alkyl carbamates (subject to hydrolysis) is 1. The molecule has 2 aromatic carbocycles. The molecule has 30 heavy (non-hydrogen) atoms. The van der Waals surface area contributed by atoms with Crippen LogP contribution in [0, 0.1) is 0 Å². The second-order valence-electron chi connectivity index (χ2n) is 8.35. The molecule has 0 spiro atoms. The third kappa shape index (κ3) is 4.19. The van der Waals surface area contributed by atoms with Crippen LogP contribution in [0.25, 0.3) is 11.1 Å². The van der Waals surface area contributed by atoms with Gasteiger partial charge in [0.25, 0.3) is 0 Å². The van der Waals surface area contributed by atoms with Crippen LogP contribution in [0.1, 0.15) is 55.6 Å². The molecule has 2 aliphatic carbocycles. The zero-order valence-corrected chi connectivity index (χ0v) is 16.8. The molecule has 1 unspecified atom stereocenters.